The lowest BCUT2D eigenvalue weighted by Gasteiger charge is -2.31. The van der Waals surface area contributed by atoms with Gasteiger partial charge in [0.25, 0.3) is 5.56 Å². The quantitative estimate of drug-likeness (QED) is 0.366. The van der Waals surface area contributed by atoms with E-state index in [1.54, 1.807) is 6.20 Å². The Labute approximate surface area is 237 Å². The molecule has 0 unspecified atom stereocenters. The fraction of sp³-hybridized carbons (Fsp3) is 0.423. The van der Waals surface area contributed by atoms with Crippen molar-refractivity contribution in [3.8, 4) is 5.69 Å². The molecule has 0 saturated carbocycles. The summed E-state index contributed by atoms with van der Waals surface area (Å²) in [6.45, 7) is 6.01. The Morgan fingerprint density at radius 3 is 2.68 bits per heavy atom. The Bertz CT molecular complexity index is 1690. The monoisotopic (exact) mass is 589 g/mol. The molecule has 4 aromatic rings. The first-order valence-corrected chi connectivity index (χ1v) is 13.7. The van der Waals surface area contributed by atoms with Gasteiger partial charge in [0.15, 0.2) is 5.82 Å². The lowest BCUT2D eigenvalue weighted by atomic mass is 10.1. The number of nitrogens with zero attached hydrogens (tertiary/aromatic N) is 8. The minimum absolute atomic E-state index is 0.107. The molecule has 2 aliphatic heterocycles. The molecule has 0 spiro atoms. The Hall–Kier alpha value is -3.75. The van der Waals surface area contributed by atoms with Crippen LogP contribution in [-0.4, -0.2) is 73.6 Å². The number of halogens is 4. The van der Waals surface area contributed by atoms with Gasteiger partial charge in [-0.1, -0.05) is 29.8 Å². The summed E-state index contributed by atoms with van der Waals surface area (Å²) in [5.41, 5.74) is 1.94. The number of rotatable bonds is 6. The van der Waals surface area contributed by atoms with Crippen LogP contribution in [0.25, 0.3) is 17.0 Å². The number of hydrogen-bond donors (Lipinski definition) is 1. The second-order valence-electron chi connectivity index (χ2n) is 9.80. The minimum atomic E-state index is -4.51. The van der Waals surface area contributed by atoms with Gasteiger partial charge < -0.3 is 19.5 Å². The smallest absolute Gasteiger partial charge is 0.377 e. The van der Waals surface area contributed by atoms with E-state index in [4.69, 9.17) is 21.3 Å². The molecule has 0 radical (unpaired) electrons. The molecular formula is C26H27ClF3N9O2. The first kappa shape index (κ1) is 27.4. The van der Waals surface area contributed by atoms with E-state index in [1.807, 2.05) is 17.6 Å². The van der Waals surface area contributed by atoms with Crippen molar-refractivity contribution in [2.75, 3.05) is 44.3 Å². The number of anilines is 1. The average molecular weight is 590 g/mol. The van der Waals surface area contributed by atoms with Crippen LogP contribution in [0.2, 0.25) is 5.02 Å². The van der Waals surface area contributed by atoms with Crippen molar-refractivity contribution in [3.63, 3.8) is 0 Å². The first-order valence-electron chi connectivity index (χ1n) is 13.3. The third-order valence-electron chi connectivity index (χ3n) is 7.23. The summed E-state index contributed by atoms with van der Waals surface area (Å²) in [4.78, 5) is 20.7. The van der Waals surface area contributed by atoms with Crippen molar-refractivity contribution < 1.29 is 17.9 Å². The Morgan fingerprint density at radius 1 is 1.20 bits per heavy atom. The normalized spacial score (nSPS) is 16.4. The van der Waals surface area contributed by atoms with Gasteiger partial charge in [-0.25, -0.2) is 4.68 Å². The molecule has 11 nitrogen and oxygen atoms in total. The van der Waals surface area contributed by atoms with Crippen molar-refractivity contribution in [2.45, 2.75) is 32.5 Å². The molecule has 0 bridgehead atoms. The fourth-order valence-electron chi connectivity index (χ4n) is 5.20. The van der Waals surface area contributed by atoms with Crippen molar-refractivity contribution in [3.05, 3.63) is 68.6 Å². The van der Waals surface area contributed by atoms with E-state index in [0.717, 1.165) is 36.5 Å². The fourth-order valence-corrected chi connectivity index (χ4v) is 5.47. The van der Waals surface area contributed by atoms with Gasteiger partial charge >= 0.3 is 6.18 Å². The van der Waals surface area contributed by atoms with E-state index >= 15 is 0 Å². The molecule has 0 aliphatic carbocycles. The van der Waals surface area contributed by atoms with Crippen LogP contribution in [0.3, 0.4) is 0 Å². The Kier molecular flexibility index (Phi) is 7.30. The largest absolute Gasteiger partial charge is 0.416 e. The minimum Gasteiger partial charge on any atom is -0.377 e. The number of fused-ring (bicyclic) bond motifs is 1. The first-order chi connectivity index (χ1) is 19.7. The third kappa shape index (κ3) is 5.22. The zero-order valence-electron chi connectivity index (χ0n) is 22.2. The van der Waals surface area contributed by atoms with Crippen LogP contribution in [0.1, 0.15) is 36.1 Å². The lowest BCUT2D eigenvalue weighted by molar-refractivity contribution is -0.137. The third-order valence-corrected chi connectivity index (χ3v) is 7.53. The second kappa shape index (κ2) is 10.9. The number of alkyl halides is 3. The number of benzene rings is 1. The van der Waals surface area contributed by atoms with Gasteiger partial charge in [-0.3, -0.25) is 4.79 Å². The van der Waals surface area contributed by atoms with Gasteiger partial charge in [0.1, 0.15) is 11.4 Å². The summed E-state index contributed by atoms with van der Waals surface area (Å²) >= 11 is 6.19. The molecule has 15 heteroatoms. The van der Waals surface area contributed by atoms with E-state index in [1.165, 1.54) is 15.3 Å². The van der Waals surface area contributed by atoms with Crippen molar-refractivity contribution in [2.24, 2.45) is 0 Å². The highest BCUT2D eigenvalue weighted by atomic mass is 35.5. The molecule has 41 heavy (non-hydrogen) atoms. The van der Waals surface area contributed by atoms with Crippen LogP contribution in [0.5, 0.6) is 0 Å². The second-order valence-corrected chi connectivity index (χ2v) is 10.2. The number of hydrogen-bond acceptors (Lipinski definition) is 8. The molecular weight excluding hydrogens is 563 g/mol. The van der Waals surface area contributed by atoms with E-state index in [2.05, 4.69) is 25.6 Å². The van der Waals surface area contributed by atoms with Crippen LogP contribution in [0.4, 0.5) is 18.9 Å². The van der Waals surface area contributed by atoms with Crippen molar-refractivity contribution >= 4 is 28.6 Å². The predicted octanol–water partition coefficient (Wildman–Crippen LogP) is 2.97. The SMILES string of the molecule is CCc1c(N2CCNCC2)c(=O)n2nc(C3=CCOCC3)nc2n1Cc1cn(-c2ccc(C(F)(F)F)cc2Cl)nn1. The number of piperazine rings is 1. The highest BCUT2D eigenvalue weighted by molar-refractivity contribution is 6.32. The molecule has 6 rings (SSSR count). The standard InChI is InChI=1S/C26H27ClF3N9O2/c1-2-20-22(36-9-7-31-8-10-36)24(40)39-25(32-23(34-39)16-5-11-41-12-6-16)37(20)14-18-15-38(35-33-18)21-4-3-17(13-19(21)27)26(28,29)30/h3-5,13,15,31H,2,6-12,14H2,1H3. The van der Waals surface area contributed by atoms with Crippen LogP contribution in [0.15, 0.2) is 35.3 Å². The summed E-state index contributed by atoms with van der Waals surface area (Å²) < 4.78 is 49.4. The van der Waals surface area contributed by atoms with Gasteiger partial charge in [0, 0.05) is 26.2 Å². The molecule has 1 saturated heterocycles. The number of nitrogens with one attached hydrogen (secondary N) is 1. The van der Waals surface area contributed by atoms with Crippen LogP contribution >= 0.6 is 11.6 Å². The summed E-state index contributed by atoms with van der Waals surface area (Å²) in [6, 6.07) is 3.07. The molecule has 2 aliphatic rings. The van der Waals surface area contributed by atoms with Crippen LogP contribution in [0, 0.1) is 0 Å². The molecule has 1 aromatic carbocycles. The highest BCUT2D eigenvalue weighted by Gasteiger charge is 2.31. The van der Waals surface area contributed by atoms with E-state index in [-0.39, 0.29) is 22.8 Å². The molecule has 3 aromatic heterocycles. The Morgan fingerprint density at radius 2 is 2.00 bits per heavy atom. The zero-order chi connectivity index (χ0) is 28.7. The van der Waals surface area contributed by atoms with Crippen molar-refractivity contribution in [1.82, 2.24) is 39.5 Å². The van der Waals surface area contributed by atoms with Gasteiger partial charge in [-0.15, -0.1) is 10.2 Å². The predicted molar refractivity (Wildman–Crippen MR) is 146 cm³/mol. The van der Waals surface area contributed by atoms with E-state index in [9.17, 15) is 18.0 Å². The average Bonchev–Trinajstić information content (AvgIpc) is 3.63. The Balaban J connectivity index is 1.45. The van der Waals surface area contributed by atoms with Crippen LogP contribution in [-0.2, 0) is 23.9 Å². The maximum Gasteiger partial charge on any atom is 0.416 e. The number of aromatic nitrogens is 7. The van der Waals surface area contributed by atoms with Crippen molar-refractivity contribution in [1.29, 1.82) is 0 Å². The number of ether oxygens (including phenoxy) is 1. The van der Waals surface area contributed by atoms with Gasteiger partial charge in [-0.05, 0) is 36.6 Å². The molecule has 0 amide bonds. The lowest BCUT2D eigenvalue weighted by Crippen LogP contribution is -2.47. The van der Waals surface area contributed by atoms with Gasteiger partial charge in [-0.2, -0.15) is 22.7 Å². The summed E-state index contributed by atoms with van der Waals surface area (Å²) in [5.74, 6) is 0.842. The molecule has 5 heterocycles. The van der Waals surface area contributed by atoms with Gasteiger partial charge in [0.05, 0.1) is 47.9 Å². The molecule has 1 fully saturated rings. The van der Waals surface area contributed by atoms with E-state index in [0.29, 0.717) is 62.1 Å². The summed E-state index contributed by atoms with van der Waals surface area (Å²) in [7, 11) is 0. The molecule has 1 N–H and O–H groups in total. The van der Waals surface area contributed by atoms with Gasteiger partial charge in [0.2, 0.25) is 5.78 Å². The summed E-state index contributed by atoms with van der Waals surface area (Å²) in [6.07, 6.45) is 0.193. The van der Waals surface area contributed by atoms with Crippen LogP contribution < -0.4 is 15.8 Å². The highest BCUT2D eigenvalue weighted by Crippen LogP contribution is 2.33. The topological polar surface area (TPSA) is 107 Å². The molecule has 0 atom stereocenters. The zero-order valence-corrected chi connectivity index (χ0v) is 22.9. The summed E-state index contributed by atoms with van der Waals surface area (Å²) in [5, 5.41) is 16.2. The maximum atomic E-state index is 13.8. The maximum absolute atomic E-state index is 13.8. The van der Waals surface area contributed by atoms with E-state index < -0.39 is 11.7 Å². The molecule has 216 valence electrons.